The first-order valence-corrected chi connectivity index (χ1v) is 7.16. The summed E-state index contributed by atoms with van der Waals surface area (Å²) in [6, 6.07) is 6.68. The number of nitrogens with two attached hydrogens (primary N) is 1. The lowest BCUT2D eigenvalue weighted by atomic mass is 10.2. The number of hydrogen-bond donors (Lipinski definition) is 1. The molecule has 0 aliphatic heterocycles. The van der Waals surface area contributed by atoms with Crippen molar-refractivity contribution in [1.29, 1.82) is 0 Å². The van der Waals surface area contributed by atoms with Gasteiger partial charge in [-0.05, 0) is 31.0 Å². The summed E-state index contributed by atoms with van der Waals surface area (Å²) < 4.78 is 24.0. The van der Waals surface area contributed by atoms with E-state index in [2.05, 4.69) is 0 Å². The second-order valence-electron chi connectivity index (χ2n) is 4.15. The van der Waals surface area contributed by atoms with Gasteiger partial charge in [-0.15, -0.1) is 0 Å². The number of benzene rings is 1. The maximum Gasteiger partial charge on any atom is 0.179 e. The van der Waals surface area contributed by atoms with Crippen molar-refractivity contribution in [2.75, 3.05) is 5.75 Å². The topological polar surface area (TPSA) is 60.2 Å². The third-order valence-electron chi connectivity index (χ3n) is 2.44. The summed E-state index contributed by atoms with van der Waals surface area (Å²) in [5.41, 5.74) is 6.72. The van der Waals surface area contributed by atoms with Crippen LogP contribution in [0.3, 0.4) is 0 Å². The fourth-order valence-electron chi connectivity index (χ4n) is 1.64. The molecule has 1 unspecified atom stereocenters. The Morgan fingerprint density at radius 2 is 2.06 bits per heavy atom. The SMILES string of the molecule is CCCC(N)CS(=O)(=O)c1cccc(C)c1. The van der Waals surface area contributed by atoms with Gasteiger partial charge in [0.25, 0.3) is 0 Å². The zero-order valence-electron chi connectivity index (χ0n) is 9.81. The van der Waals surface area contributed by atoms with Gasteiger partial charge in [0.05, 0.1) is 10.6 Å². The molecule has 0 saturated carbocycles. The number of rotatable bonds is 5. The summed E-state index contributed by atoms with van der Waals surface area (Å²) in [4.78, 5) is 0.374. The van der Waals surface area contributed by atoms with E-state index in [0.29, 0.717) is 4.90 Å². The molecule has 1 aromatic rings. The van der Waals surface area contributed by atoms with Crippen molar-refractivity contribution in [3.8, 4) is 0 Å². The van der Waals surface area contributed by atoms with Crippen molar-refractivity contribution in [2.45, 2.75) is 37.6 Å². The van der Waals surface area contributed by atoms with Gasteiger partial charge in [-0.1, -0.05) is 25.5 Å². The minimum absolute atomic E-state index is 0.0320. The van der Waals surface area contributed by atoms with Crippen LogP contribution in [0.15, 0.2) is 29.2 Å². The molecule has 90 valence electrons. The quantitative estimate of drug-likeness (QED) is 0.856. The van der Waals surface area contributed by atoms with E-state index in [9.17, 15) is 8.42 Å². The maximum absolute atomic E-state index is 12.0. The normalized spacial score (nSPS) is 13.7. The average molecular weight is 241 g/mol. The Balaban J connectivity index is 2.86. The highest BCUT2D eigenvalue weighted by Crippen LogP contribution is 2.14. The Labute approximate surface area is 97.6 Å². The molecule has 0 aromatic heterocycles. The van der Waals surface area contributed by atoms with Gasteiger partial charge in [-0.25, -0.2) is 8.42 Å². The summed E-state index contributed by atoms with van der Waals surface area (Å²) in [5, 5.41) is 0. The lowest BCUT2D eigenvalue weighted by molar-refractivity contribution is 0.577. The molecule has 3 nitrogen and oxygen atoms in total. The maximum atomic E-state index is 12.0. The molecule has 1 rings (SSSR count). The molecule has 0 fully saturated rings. The van der Waals surface area contributed by atoms with Crippen LogP contribution in [0, 0.1) is 6.92 Å². The molecule has 0 amide bonds. The zero-order chi connectivity index (χ0) is 12.2. The van der Waals surface area contributed by atoms with Crippen LogP contribution in [0.25, 0.3) is 0 Å². The zero-order valence-corrected chi connectivity index (χ0v) is 10.6. The van der Waals surface area contributed by atoms with Crippen molar-refractivity contribution in [1.82, 2.24) is 0 Å². The molecule has 0 aliphatic rings. The molecule has 0 spiro atoms. The van der Waals surface area contributed by atoms with Crippen LogP contribution in [0.5, 0.6) is 0 Å². The summed E-state index contributed by atoms with van der Waals surface area (Å²) >= 11 is 0. The molecule has 1 atom stereocenters. The van der Waals surface area contributed by atoms with Gasteiger partial charge < -0.3 is 5.73 Å². The van der Waals surface area contributed by atoms with E-state index in [1.54, 1.807) is 18.2 Å². The molecule has 1 aromatic carbocycles. The number of hydrogen-bond acceptors (Lipinski definition) is 3. The fourth-order valence-corrected chi connectivity index (χ4v) is 3.22. The van der Waals surface area contributed by atoms with Gasteiger partial charge in [0.15, 0.2) is 9.84 Å². The first kappa shape index (κ1) is 13.2. The van der Waals surface area contributed by atoms with Crippen LogP contribution >= 0.6 is 0 Å². The monoisotopic (exact) mass is 241 g/mol. The molecule has 0 heterocycles. The predicted octanol–water partition coefficient (Wildman–Crippen LogP) is 1.90. The fraction of sp³-hybridized carbons (Fsp3) is 0.500. The Hall–Kier alpha value is -0.870. The average Bonchev–Trinajstić information content (AvgIpc) is 2.17. The molecular formula is C12H19NO2S. The van der Waals surface area contributed by atoms with Crippen molar-refractivity contribution in [3.63, 3.8) is 0 Å². The largest absolute Gasteiger partial charge is 0.327 e. The van der Waals surface area contributed by atoms with E-state index in [1.807, 2.05) is 19.9 Å². The third-order valence-corrected chi connectivity index (χ3v) is 4.28. The van der Waals surface area contributed by atoms with Gasteiger partial charge in [-0.2, -0.15) is 0 Å². The molecule has 16 heavy (non-hydrogen) atoms. The van der Waals surface area contributed by atoms with Crippen LogP contribution in [0.4, 0.5) is 0 Å². The third kappa shape index (κ3) is 3.61. The number of sulfone groups is 1. The summed E-state index contributed by atoms with van der Waals surface area (Å²) in [6.45, 7) is 3.88. The van der Waals surface area contributed by atoms with Crippen LogP contribution in [-0.4, -0.2) is 20.2 Å². The van der Waals surface area contributed by atoms with E-state index in [-0.39, 0.29) is 11.8 Å². The Morgan fingerprint density at radius 1 is 1.38 bits per heavy atom. The van der Waals surface area contributed by atoms with Gasteiger partial charge in [0.1, 0.15) is 0 Å². The van der Waals surface area contributed by atoms with E-state index in [0.717, 1.165) is 18.4 Å². The summed E-state index contributed by atoms with van der Waals surface area (Å²) in [7, 11) is -3.23. The van der Waals surface area contributed by atoms with Gasteiger partial charge >= 0.3 is 0 Å². The molecule has 4 heteroatoms. The first-order chi connectivity index (χ1) is 7.45. The minimum atomic E-state index is -3.23. The highest BCUT2D eigenvalue weighted by molar-refractivity contribution is 7.91. The van der Waals surface area contributed by atoms with Crippen LogP contribution in [0.2, 0.25) is 0 Å². The standard InChI is InChI=1S/C12H19NO2S/c1-3-5-11(13)9-16(14,15)12-7-4-6-10(2)8-12/h4,6-8,11H,3,5,9,13H2,1-2H3. The van der Waals surface area contributed by atoms with Crippen molar-refractivity contribution >= 4 is 9.84 Å². The Bertz CT molecular complexity index is 440. The summed E-state index contributed by atoms with van der Waals surface area (Å²) in [6.07, 6.45) is 1.65. The smallest absolute Gasteiger partial charge is 0.179 e. The Kier molecular flexibility index (Phi) is 4.50. The molecular weight excluding hydrogens is 222 g/mol. The highest BCUT2D eigenvalue weighted by Gasteiger charge is 2.18. The molecule has 0 aliphatic carbocycles. The lowest BCUT2D eigenvalue weighted by Crippen LogP contribution is -2.29. The highest BCUT2D eigenvalue weighted by atomic mass is 32.2. The molecule has 0 bridgehead atoms. The van der Waals surface area contributed by atoms with E-state index in [4.69, 9.17) is 5.73 Å². The van der Waals surface area contributed by atoms with Crippen molar-refractivity contribution < 1.29 is 8.42 Å². The first-order valence-electron chi connectivity index (χ1n) is 5.50. The van der Waals surface area contributed by atoms with Crippen molar-refractivity contribution in [2.24, 2.45) is 5.73 Å². The molecule has 2 N–H and O–H groups in total. The van der Waals surface area contributed by atoms with Crippen LogP contribution < -0.4 is 5.73 Å². The lowest BCUT2D eigenvalue weighted by Gasteiger charge is -2.11. The predicted molar refractivity (Wildman–Crippen MR) is 66.1 cm³/mol. The van der Waals surface area contributed by atoms with Crippen LogP contribution in [-0.2, 0) is 9.84 Å². The van der Waals surface area contributed by atoms with Crippen LogP contribution in [0.1, 0.15) is 25.3 Å². The van der Waals surface area contributed by atoms with E-state index < -0.39 is 9.84 Å². The van der Waals surface area contributed by atoms with E-state index >= 15 is 0 Å². The van der Waals surface area contributed by atoms with Gasteiger partial charge in [0.2, 0.25) is 0 Å². The summed E-state index contributed by atoms with van der Waals surface area (Å²) in [5.74, 6) is 0.0320. The molecule has 0 radical (unpaired) electrons. The van der Waals surface area contributed by atoms with Crippen molar-refractivity contribution in [3.05, 3.63) is 29.8 Å². The second kappa shape index (κ2) is 5.46. The molecule has 0 saturated heterocycles. The Morgan fingerprint density at radius 3 is 2.62 bits per heavy atom. The van der Waals surface area contributed by atoms with Gasteiger partial charge in [0, 0.05) is 6.04 Å². The minimum Gasteiger partial charge on any atom is -0.327 e. The number of aryl methyl sites for hydroxylation is 1. The van der Waals surface area contributed by atoms with E-state index in [1.165, 1.54) is 0 Å². The second-order valence-corrected chi connectivity index (χ2v) is 6.18. The van der Waals surface area contributed by atoms with Gasteiger partial charge in [-0.3, -0.25) is 0 Å².